The number of halogens is 1. The molecule has 14 heavy (non-hydrogen) atoms. The maximum Gasteiger partial charge on any atom is 0.0802 e. The quantitative estimate of drug-likeness (QED) is 0.631. The van der Waals surface area contributed by atoms with Gasteiger partial charge < -0.3 is 9.84 Å². The fraction of sp³-hybridized carbons (Fsp3) is 1.00. The third-order valence-corrected chi connectivity index (χ3v) is 2.78. The molecule has 3 nitrogen and oxygen atoms in total. The Morgan fingerprint density at radius 1 is 1.50 bits per heavy atom. The summed E-state index contributed by atoms with van der Waals surface area (Å²) in [6, 6.07) is 0.461. The summed E-state index contributed by atoms with van der Waals surface area (Å²) in [5.74, 6) is 0.292. The highest BCUT2D eigenvalue weighted by molar-refractivity contribution is 6.18. The van der Waals surface area contributed by atoms with E-state index >= 15 is 0 Å². The highest BCUT2D eigenvalue weighted by Crippen LogP contribution is 2.05. The number of hydrogen-bond acceptors (Lipinski definition) is 3. The normalized spacial score (nSPS) is 15.9. The van der Waals surface area contributed by atoms with Gasteiger partial charge in [0, 0.05) is 32.1 Å². The SMILES string of the molecule is CCC(C)N(CCOC)CC(O)CCl. The average molecular weight is 224 g/mol. The summed E-state index contributed by atoms with van der Waals surface area (Å²) in [5, 5.41) is 9.46. The zero-order chi connectivity index (χ0) is 11.0. The van der Waals surface area contributed by atoms with Crippen molar-refractivity contribution in [1.82, 2.24) is 4.90 Å². The number of nitrogens with zero attached hydrogens (tertiary/aromatic N) is 1. The van der Waals surface area contributed by atoms with Crippen LogP contribution in [0.1, 0.15) is 20.3 Å². The van der Waals surface area contributed by atoms with Crippen molar-refractivity contribution in [3.63, 3.8) is 0 Å². The van der Waals surface area contributed by atoms with Gasteiger partial charge in [-0.1, -0.05) is 6.92 Å². The smallest absolute Gasteiger partial charge is 0.0802 e. The first kappa shape index (κ1) is 14.2. The highest BCUT2D eigenvalue weighted by atomic mass is 35.5. The number of ether oxygens (including phenoxy) is 1. The lowest BCUT2D eigenvalue weighted by molar-refractivity contribution is 0.0762. The number of rotatable bonds is 8. The topological polar surface area (TPSA) is 32.7 Å². The van der Waals surface area contributed by atoms with Gasteiger partial charge in [-0.25, -0.2) is 0 Å². The van der Waals surface area contributed by atoms with E-state index < -0.39 is 6.10 Å². The van der Waals surface area contributed by atoms with Crippen molar-refractivity contribution in [3.05, 3.63) is 0 Å². The Balaban J connectivity index is 3.96. The summed E-state index contributed by atoms with van der Waals surface area (Å²) in [4.78, 5) is 2.20. The van der Waals surface area contributed by atoms with Crippen molar-refractivity contribution in [2.45, 2.75) is 32.4 Å². The molecule has 0 radical (unpaired) electrons. The summed E-state index contributed by atoms with van der Waals surface area (Å²) in [6.45, 7) is 6.45. The predicted octanol–water partition coefficient (Wildman–Crippen LogP) is 1.33. The van der Waals surface area contributed by atoms with Crippen LogP contribution in [0.2, 0.25) is 0 Å². The third kappa shape index (κ3) is 5.81. The number of methoxy groups -OCH3 is 1. The summed E-state index contributed by atoms with van der Waals surface area (Å²) >= 11 is 5.57. The zero-order valence-corrected chi connectivity index (χ0v) is 10.1. The summed E-state index contributed by atoms with van der Waals surface area (Å²) in [6.07, 6.45) is 0.626. The van der Waals surface area contributed by atoms with Gasteiger partial charge >= 0.3 is 0 Å². The fourth-order valence-corrected chi connectivity index (χ4v) is 1.38. The molecule has 0 spiro atoms. The minimum absolute atomic E-state index is 0.292. The predicted molar refractivity (Wildman–Crippen MR) is 59.9 cm³/mol. The van der Waals surface area contributed by atoms with Crippen LogP contribution in [0.5, 0.6) is 0 Å². The van der Waals surface area contributed by atoms with Gasteiger partial charge in [0.2, 0.25) is 0 Å². The lowest BCUT2D eigenvalue weighted by Gasteiger charge is -2.29. The Bertz CT molecular complexity index is 135. The van der Waals surface area contributed by atoms with E-state index in [1.54, 1.807) is 7.11 Å². The molecule has 0 saturated carbocycles. The Labute approximate surface area is 92.0 Å². The molecule has 0 aromatic heterocycles. The molecule has 0 aliphatic rings. The lowest BCUT2D eigenvalue weighted by Crippen LogP contribution is -2.41. The van der Waals surface area contributed by atoms with Gasteiger partial charge in [0.15, 0.2) is 0 Å². The van der Waals surface area contributed by atoms with Crippen LogP contribution in [-0.2, 0) is 4.74 Å². The molecule has 4 heteroatoms. The molecule has 0 aliphatic carbocycles. The van der Waals surface area contributed by atoms with Crippen LogP contribution in [0.25, 0.3) is 0 Å². The van der Waals surface area contributed by atoms with Crippen LogP contribution in [0, 0.1) is 0 Å². The molecule has 0 aromatic rings. The fourth-order valence-electron chi connectivity index (χ4n) is 1.28. The van der Waals surface area contributed by atoms with Crippen molar-refractivity contribution in [2.24, 2.45) is 0 Å². The van der Waals surface area contributed by atoms with Crippen molar-refractivity contribution in [2.75, 3.05) is 32.7 Å². The number of aliphatic hydroxyl groups excluding tert-OH is 1. The molecule has 0 aromatic carbocycles. The highest BCUT2D eigenvalue weighted by Gasteiger charge is 2.15. The number of alkyl halides is 1. The van der Waals surface area contributed by atoms with Crippen molar-refractivity contribution < 1.29 is 9.84 Å². The van der Waals surface area contributed by atoms with Gasteiger partial charge in [-0.05, 0) is 13.3 Å². The molecule has 0 saturated heterocycles. The second-order valence-electron chi connectivity index (χ2n) is 3.55. The van der Waals surface area contributed by atoms with Crippen molar-refractivity contribution in [3.8, 4) is 0 Å². The first-order valence-corrected chi connectivity index (χ1v) is 5.66. The van der Waals surface area contributed by atoms with Crippen LogP contribution < -0.4 is 0 Å². The van der Waals surface area contributed by atoms with E-state index in [2.05, 4.69) is 18.7 Å². The minimum Gasteiger partial charge on any atom is -0.391 e. The largest absolute Gasteiger partial charge is 0.391 e. The van der Waals surface area contributed by atoms with Crippen LogP contribution in [0.15, 0.2) is 0 Å². The van der Waals surface area contributed by atoms with Gasteiger partial charge in [0.1, 0.15) is 0 Å². The van der Waals surface area contributed by atoms with E-state index in [-0.39, 0.29) is 0 Å². The zero-order valence-electron chi connectivity index (χ0n) is 9.37. The molecule has 0 fully saturated rings. The molecule has 2 atom stereocenters. The average Bonchev–Trinajstić information content (AvgIpc) is 2.22. The molecular formula is C10H22ClNO2. The molecular weight excluding hydrogens is 202 g/mol. The summed E-state index contributed by atoms with van der Waals surface area (Å²) < 4.78 is 5.03. The first-order valence-electron chi connectivity index (χ1n) is 5.12. The molecule has 0 amide bonds. The van der Waals surface area contributed by atoms with Gasteiger partial charge in [0.25, 0.3) is 0 Å². The summed E-state index contributed by atoms with van der Waals surface area (Å²) in [5.41, 5.74) is 0. The van der Waals surface area contributed by atoms with Crippen molar-refractivity contribution >= 4 is 11.6 Å². The molecule has 0 aliphatic heterocycles. The Hall–Kier alpha value is 0.170. The van der Waals surface area contributed by atoms with E-state index in [0.717, 1.165) is 13.0 Å². The maximum atomic E-state index is 9.46. The summed E-state index contributed by atoms with van der Waals surface area (Å²) in [7, 11) is 1.69. The minimum atomic E-state index is -0.442. The van der Waals surface area contributed by atoms with E-state index in [0.29, 0.717) is 25.1 Å². The molecule has 2 unspecified atom stereocenters. The van der Waals surface area contributed by atoms with Crippen molar-refractivity contribution in [1.29, 1.82) is 0 Å². The van der Waals surface area contributed by atoms with E-state index in [1.807, 2.05) is 0 Å². The van der Waals surface area contributed by atoms with E-state index in [9.17, 15) is 5.11 Å². The van der Waals surface area contributed by atoms with Crippen LogP contribution >= 0.6 is 11.6 Å². The van der Waals surface area contributed by atoms with Gasteiger partial charge in [0.05, 0.1) is 12.7 Å². The number of aliphatic hydroxyl groups is 1. The first-order chi connectivity index (χ1) is 6.65. The van der Waals surface area contributed by atoms with Gasteiger partial charge in [-0.2, -0.15) is 0 Å². The molecule has 0 bridgehead atoms. The standard InChI is InChI=1S/C10H22ClNO2/c1-4-9(2)12(5-6-14-3)8-10(13)7-11/h9-10,13H,4-8H2,1-3H3. The molecule has 1 N–H and O–H groups in total. The second kappa shape index (κ2) is 8.48. The molecule has 86 valence electrons. The Morgan fingerprint density at radius 3 is 2.57 bits per heavy atom. The van der Waals surface area contributed by atoms with Crippen LogP contribution in [-0.4, -0.2) is 54.8 Å². The molecule has 0 heterocycles. The third-order valence-electron chi connectivity index (χ3n) is 2.42. The number of hydrogen-bond donors (Lipinski definition) is 1. The monoisotopic (exact) mass is 223 g/mol. The second-order valence-corrected chi connectivity index (χ2v) is 3.86. The van der Waals surface area contributed by atoms with Crippen LogP contribution in [0.3, 0.4) is 0 Å². The lowest BCUT2D eigenvalue weighted by atomic mass is 10.2. The van der Waals surface area contributed by atoms with Gasteiger partial charge in [-0.3, -0.25) is 4.90 Å². The van der Waals surface area contributed by atoms with E-state index in [4.69, 9.17) is 16.3 Å². The Kier molecular flexibility index (Phi) is 8.58. The van der Waals surface area contributed by atoms with E-state index in [1.165, 1.54) is 0 Å². The van der Waals surface area contributed by atoms with Gasteiger partial charge in [-0.15, -0.1) is 11.6 Å². The Morgan fingerprint density at radius 2 is 2.14 bits per heavy atom. The maximum absolute atomic E-state index is 9.46. The van der Waals surface area contributed by atoms with Crippen LogP contribution in [0.4, 0.5) is 0 Å². The molecule has 0 rings (SSSR count).